The van der Waals surface area contributed by atoms with Gasteiger partial charge >= 0.3 is 5.97 Å². The van der Waals surface area contributed by atoms with Crippen LogP contribution in [0.2, 0.25) is 0 Å². The van der Waals surface area contributed by atoms with E-state index < -0.39 is 0 Å². The van der Waals surface area contributed by atoms with Crippen LogP contribution >= 0.6 is 0 Å². The van der Waals surface area contributed by atoms with Crippen molar-refractivity contribution in [2.24, 2.45) is 5.92 Å². The number of furan rings is 1. The number of likely N-dealkylation sites (tertiary alicyclic amines) is 1. The molecule has 0 aliphatic carbocycles. The van der Waals surface area contributed by atoms with Crippen molar-refractivity contribution in [2.75, 3.05) is 19.7 Å². The number of nitrogens with zero attached hydrogens (tertiary/aromatic N) is 3. The number of ether oxygens (including phenoxy) is 1. The van der Waals surface area contributed by atoms with E-state index in [1.54, 1.807) is 24.0 Å². The Morgan fingerprint density at radius 3 is 2.73 bits per heavy atom. The lowest BCUT2D eigenvalue weighted by Crippen LogP contribution is -2.43. The van der Waals surface area contributed by atoms with Gasteiger partial charge in [-0.2, -0.15) is 0 Å². The van der Waals surface area contributed by atoms with E-state index in [9.17, 15) is 14.4 Å². The minimum atomic E-state index is -0.318. The zero-order valence-corrected chi connectivity index (χ0v) is 14.6. The Kier molecular flexibility index (Phi) is 5.50. The number of piperidine rings is 1. The van der Waals surface area contributed by atoms with Crippen LogP contribution in [-0.2, 0) is 20.9 Å². The molecule has 1 fully saturated rings. The maximum absolute atomic E-state index is 12.4. The van der Waals surface area contributed by atoms with Crippen LogP contribution in [0.5, 0.6) is 0 Å². The molecular weight excluding hydrogens is 338 g/mol. The Morgan fingerprint density at radius 2 is 2.12 bits per heavy atom. The molecule has 3 heterocycles. The minimum Gasteiger partial charge on any atom is -0.466 e. The molecule has 8 nitrogen and oxygen atoms in total. The SMILES string of the molecule is CCOC(=O)C1CCN(C(=O)Cn2cnc(-c3ccco3)cc2=O)CC1. The topological polar surface area (TPSA) is 94.6 Å². The summed E-state index contributed by atoms with van der Waals surface area (Å²) in [6.07, 6.45) is 4.01. The van der Waals surface area contributed by atoms with Crippen molar-refractivity contribution < 1.29 is 18.7 Å². The molecule has 1 aliphatic rings. The van der Waals surface area contributed by atoms with Crippen LogP contribution in [0.3, 0.4) is 0 Å². The van der Waals surface area contributed by atoms with Gasteiger partial charge in [-0.1, -0.05) is 0 Å². The van der Waals surface area contributed by atoms with E-state index >= 15 is 0 Å². The molecule has 0 atom stereocenters. The normalized spacial score (nSPS) is 15.0. The van der Waals surface area contributed by atoms with Crippen molar-refractivity contribution in [1.82, 2.24) is 14.5 Å². The molecular formula is C18H21N3O5. The Hall–Kier alpha value is -2.90. The first kappa shape index (κ1) is 17.9. The van der Waals surface area contributed by atoms with E-state index in [2.05, 4.69) is 4.98 Å². The van der Waals surface area contributed by atoms with Gasteiger partial charge in [0, 0.05) is 19.2 Å². The second-order valence-corrected chi connectivity index (χ2v) is 6.12. The van der Waals surface area contributed by atoms with E-state index in [-0.39, 0.29) is 29.9 Å². The molecule has 0 radical (unpaired) electrons. The first-order chi connectivity index (χ1) is 12.6. The molecule has 0 bridgehead atoms. The Labute approximate surface area is 150 Å². The molecule has 3 rings (SSSR count). The zero-order valence-electron chi connectivity index (χ0n) is 14.6. The van der Waals surface area contributed by atoms with E-state index in [1.165, 1.54) is 23.2 Å². The fourth-order valence-corrected chi connectivity index (χ4v) is 2.97. The first-order valence-corrected chi connectivity index (χ1v) is 8.63. The van der Waals surface area contributed by atoms with Gasteiger partial charge in [-0.05, 0) is 31.9 Å². The maximum atomic E-state index is 12.4. The molecule has 0 unspecified atom stereocenters. The molecule has 8 heteroatoms. The zero-order chi connectivity index (χ0) is 18.5. The number of amides is 1. The summed E-state index contributed by atoms with van der Waals surface area (Å²) in [5.74, 6) is -0.0203. The fraction of sp³-hybridized carbons (Fsp3) is 0.444. The molecule has 1 aliphatic heterocycles. The predicted molar refractivity (Wildman–Crippen MR) is 92.1 cm³/mol. The number of aromatic nitrogens is 2. The predicted octanol–water partition coefficient (Wildman–Crippen LogP) is 1.30. The van der Waals surface area contributed by atoms with Crippen molar-refractivity contribution in [3.63, 3.8) is 0 Å². The minimum absolute atomic E-state index is 0.0751. The number of hydrogen-bond donors (Lipinski definition) is 0. The van der Waals surface area contributed by atoms with Crippen LogP contribution in [0.1, 0.15) is 19.8 Å². The van der Waals surface area contributed by atoms with Crippen LogP contribution in [-0.4, -0.2) is 46.0 Å². The van der Waals surface area contributed by atoms with E-state index in [1.807, 2.05) is 0 Å². The Balaban J connectivity index is 1.59. The first-order valence-electron chi connectivity index (χ1n) is 8.63. The Morgan fingerprint density at radius 1 is 1.35 bits per heavy atom. The van der Waals surface area contributed by atoms with Crippen LogP contribution in [0.15, 0.2) is 40.0 Å². The van der Waals surface area contributed by atoms with Gasteiger partial charge in [0.1, 0.15) is 12.2 Å². The highest BCUT2D eigenvalue weighted by molar-refractivity contribution is 5.77. The van der Waals surface area contributed by atoms with Crippen LogP contribution in [0, 0.1) is 5.92 Å². The summed E-state index contributed by atoms with van der Waals surface area (Å²) < 4.78 is 11.5. The van der Waals surface area contributed by atoms with Crippen molar-refractivity contribution in [3.8, 4) is 11.5 Å². The summed E-state index contributed by atoms with van der Waals surface area (Å²) in [4.78, 5) is 42.3. The van der Waals surface area contributed by atoms with Crippen LogP contribution < -0.4 is 5.56 Å². The van der Waals surface area contributed by atoms with E-state index in [4.69, 9.17) is 9.15 Å². The molecule has 2 aromatic heterocycles. The van der Waals surface area contributed by atoms with Crippen molar-refractivity contribution in [2.45, 2.75) is 26.3 Å². The standard InChI is InChI=1S/C18H21N3O5/c1-2-25-18(24)13-5-7-20(8-6-13)17(23)11-21-12-19-14(10-16(21)22)15-4-3-9-26-15/h3-4,9-10,12-13H,2,5-8,11H2,1H3. The number of carbonyl (C=O) groups is 2. The molecule has 0 N–H and O–H groups in total. The molecule has 1 saturated heterocycles. The van der Waals surface area contributed by atoms with Gasteiger partial charge in [0.25, 0.3) is 5.56 Å². The fourth-order valence-electron chi connectivity index (χ4n) is 2.97. The molecule has 1 amide bonds. The number of rotatable bonds is 5. The summed E-state index contributed by atoms with van der Waals surface area (Å²) in [5, 5.41) is 0. The molecule has 0 saturated carbocycles. The van der Waals surface area contributed by atoms with E-state index in [0.29, 0.717) is 44.0 Å². The average molecular weight is 359 g/mol. The van der Waals surface area contributed by atoms with Crippen molar-refractivity contribution in [3.05, 3.63) is 41.1 Å². The monoisotopic (exact) mass is 359 g/mol. The smallest absolute Gasteiger partial charge is 0.309 e. The van der Waals surface area contributed by atoms with Crippen molar-refractivity contribution in [1.29, 1.82) is 0 Å². The summed E-state index contributed by atoms with van der Waals surface area (Å²) in [6, 6.07) is 4.77. The molecule has 0 aromatic carbocycles. The summed E-state index contributed by atoms with van der Waals surface area (Å²) in [7, 11) is 0. The van der Waals surface area contributed by atoms with Gasteiger partial charge in [0.05, 0.1) is 25.1 Å². The lowest BCUT2D eigenvalue weighted by atomic mass is 9.97. The summed E-state index contributed by atoms with van der Waals surface area (Å²) >= 11 is 0. The lowest BCUT2D eigenvalue weighted by Gasteiger charge is -2.31. The van der Waals surface area contributed by atoms with E-state index in [0.717, 1.165) is 0 Å². The largest absolute Gasteiger partial charge is 0.466 e. The van der Waals surface area contributed by atoms with Gasteiger partial charge in [0.15, 0.2) is 5.76 Å². The number of esters is 1. The highest BCUT2D eigenvalue weighted by atomic mass is 16.5. The van der Waals surface area contributed by atoms with Crippen molar-refractivity contribution >= 4 is 11.9 Å². The highest BCUT2D eigenvalue weighted by Crippen LogP contribution is 2.19. The second-order valence-electron chi connectivity index (χ2n) is 6.12. The maximum Gasteiger partial charge on any atom is 0.309 e. The van der Waals surface area contributed by atoms with Gasteiger partial charge in [0.2, 0.25) is 5.91 Å². The summed E-state index contributed by atoms with van der Waals surface area (Å²) in [6.45, 7) is 3.03. The third kappa shape index (κ3) is 4.01. The highest BCUT2D eigenvalue weighted by Gasteiger charge is 2.28. The van der Waals surface area contributed by atoms with Gasteiger partial charge < -0.3 is 14.1 Å². The van der Waals surface area contributed by atoms with Gasteiger partial charge in [-0.3, -0.25) is 19.0 Å². The van der Waals surface area contributed by atoms with Crippen LogP contribution in [0.25, 0.3) is 11.5 Å². The van der Waals surface area contributed by atoms with Gasteiger partial charge in [-0.25, -0.2) is 4.98 Å². The Bertz CT molecular complexity index is 820. The molecule has 138 valence electrons. The lowest BCUT2D eigenvalue weighted by molar-refractivity contribution is -0.151. The van der Waals surface area contributed by atoms with Crippen LogP contribution in [0.4, 0.5) is 0 Å². The molecule has 2 aromatic rings. The second kappa shape index (κ2) is 7.99. The molecule has 0 spiro atoms. The quantitative estimate of drug-likeness (QED) is 0.747. The molecule has 26 heavy (non-hydrogen) atoms. The summed E-state index contributed by atoms with van der Waals surface area (Å²) in [5.41, 5.74) is 0.111. The third-order valence-corrected chi connectivity index (χ3v) is 4.43. The third-order valence-electron chi connectivity index (χ3n) is 4.43. The average Bonchev–Trinajstić information content (AvgIpc) is 3.18. The number of hydrogen-bond acceptors (Lipinski definition) is 6. The number of carbonyl (C=O) groups excluding carboxylic acids is 2. The van der Waals surface area contributed by atoms with Gasteiger partial charge in [-0.15, -0.1) is 0 Å².